The van der Waals surface area contributed by atoms with Gasteiger partial charge in [-0.1, -0.05) is 236 Å². The van der Waals surface area contributed by atoms with Crippen molar-refractivity contribution in [2.24, 2.45) is 0 Å². The van der Waals surface area contributed by atoms with E-state index in [-0.39, 0.29) is 24.9 Å². The zero-order valence-electron chi connectivity index (χ0n) is 40.5. The van der Waals surface area contributed by atoms with Crippen molar-refractivity contribution in [3.05, 3.63) is 48.6 Å². The lowest BCUT2D eigenvalue weighted by atomic mass is 10.0. The largest absolute Gasteiger partial charge is 0.462 e. The number of aliphatic hydroxyl groups excluding tert-OH is 2. The summed E-state index contributed by atoms with van der Waals surface area (Å²) in [7, 11) is 0. The first-order valence-corrected chi connectivity index (χ1v) is 26.4. The Morgan fingerprint density at radius 3 is 1.26 bits per heavy atom. The highest BCUT2D eigenvalue weighted by Crippen LogP contribution is 2.18. The third-order valence-corrected chi connectivity index (χ3v) is 11.9. The van der Waals surface area contributed by atoms with Gasteiger partial charge < -0.3 is 20.3 Å². The van der Waals surface area contributed by atoms with Crippen LogP contribution < -0.4 is 5.32 Å². The van der Waals surface area contributed by atoms with Crippen molar-refractivity contribution in [1.82, 2.24) is 5.32 Å². The van der Waals surface area contributed by atoms with Gasteiger partial charge in [-0.15, -0.1) is 0 Å². The molecule has 356 valence electrons. The molecular formula is C55H101NO5. The maximum atomic E-state index is 13.2. The topological polar surface area (TPSA) is 95.9 Å². The lowest BCUT2D eigenvalue weighted by molar-refractivity contribution is -0.151. The van der Waals surface area contributed by atoms with Gasteiger partial charge in [0.15, 0.2) is 0 Å². The van der Waals surface area contributed by atoms with Gasteiger partial charge in [0.2, 0.25) is 5.91 Å². The van der Waals surface area contributed by atoms with Crippen molar-refractivity contribution in [2.75, 3.05) is 6.61 Å². The number of amides is 1. The normalized spacial score (nSPS) is 13.6. The number of carbonyl (C=O) groups excluding carboxylic acids is 2. The number of hydrogen-bond acceptors (Lipinski definition) is 5. The third kappa shape index (κ3) is 44.2. The molecule has 0 fully saturated rings. The molecule has 0 aliphatic rings. The van der Waals surface area contributed by atoms with Crippen LogP contribution in [0.2, 0.25) is 0 Å². The molecule has 0 bridgehead atoms. The second kappa shape index (κ2) is 48.8. The third-order valence-electron chi connectivity index (χ3n) is 11.9. The maximum absolute atomic E-state index is 13.2. The lowest BCUT2D eigenvalue weighted by Gasteiger charge is -2.24. The average molecular weight is 856 g/mol. The standard InChI is InChI=1S/C55H101NO5/c1-4-7-10-13-16-19-22-24-26-27-28-30-33-36-39-42-45-48-55(60)61-51(46-43-40-37-34-32-29-25-23-20-17-14-11-8-5-2)49-54(59)56-52(50-57)53(58)47-44-41-38-35-31-21-18-15-12-9-6-3/h16,19,24,26,28,30,36,39,51-53,57-58H,4-15,17-18,20-23,25,27,29,31-35,37-38,40-50H2,1-3H3,(H,56,59)/b19-16-,26-24-,30-28-,39-36-. The number of nitrogens with one attached hydrogen (secondary N) is 1. The van der Waals surface area contributed by atoms with Gasteiger partial charge >= 0.3 is 5.97 Å². The minimum atomic E-state index is -0.794. The number of aliphatic hydroxyl groups is 2. The second-order valence-corrected chi connectivity index (χ2v) is 17.9. The first-order chi connectivity index (χ1) is 30.0. The molecule has 0 aliphatic heterocycles. The van der Waals surface area contributed by atoms with E-state index in [4.69, 9.17) is 4.74 Å². The fraction of sp³-hybridized carbons (Fsp3) is 0.818. The molecule has 0 rings (SSSR count). The van der Waals surface area contributed by atoms with E-state index in [0.29, 0.717) is 25.7 Å². The van der Waals surface area contributed by atoms with E-state index in [9.17, 15) is 19.8 Å². The molecule has 0 aromatic carbocycles. The first kappa shape index (κ1) is 58.8. The molecule has 0 spiro atoms. The summed E-state index contributed by atoms with van der Waals surface area (Å²) in [6.07, 6.45) is 58.8. The van der Waals surface area contributed by atoms with Crippen molar-refractivity contribution < 1.29 is 24.5 Å². The Morgan fingerprint density at radius 2 is 0.836 bits per heavy atom. The summed E-state index contributed by atoms with van der Waals surface area (Å²) in [5.74, 6) is -0.532. The Hall–Kier alpha value is -2.18. The lowest BCUT2D eigenvalue weighted by Crippen LogP contribution is -2.46. The van der Waals surface area contributed by atoms with Crippen LogP contribution in [0.5, 0.6) is 0 Å². The SMILES string of the molecule is CCCCC/C=C\C/C=C\C/C=C\C/C=C\CCCC(=O)OC(CCCCCCCCCCCCCCCC)CC(=O)NC(CO)C(O)CCCCCCCCCCCCC. The Bertz CT molecular complexity index is 1050. The van der Waals surface area contributed by atoms with E-state index in [0.717, 1.165) is 64.2 Å². The molecule has 0 saturated heterocycles. The molecule has 0 aliphatic carbocycles. The van der Waals surface area contributed by atoms with Crippen molar-refractivity contribution in [3.8, 4) is 0 Å². The quantitative estimate of drug-likeness (QED) is 0.0322. The first-order valence-electron chi connectivity index (χ1n) is 26.4. The Labute approximate surface area is 378 Å². The molecule has 3 atom stereocenters. The number of rotatable bonds is 47. The van der Waals surface area contributed by atoms with Crippen molar-refractivity contribution >= 4 is 11.9 Å². The summed E-state index contributed by atoms with van der Waals surface area (Å²) in [5.41, 5.74) is 0. The van der Waals surface area contributed by atoms with E-state index in [2.05, 4.69) is 74.7 Å². The molecule has 1 amide bonds. The van der Waals surface area contributed by atoms with Gasteiger partial charge in [-0.2, -0.15) is 0 Å². The van der Waals surface area contributed by atoms with Gasteiger partial charge in [0.25, 0.3) is 0 Å². The van der Waals surface area contributed by atoms with Crippen LogP contribution in [-0.2, 0) is 14.3 Å². The summed E-state index contributed by atoms with van der Waals surface area (Å²) < 4.78 is 5.91. The van der Waals surface area contributed by atoms with Crippen LogP contribution in [0.1, 0.15) is 265 Å². The number of unbranched alkanes of at least 4 members (excludes halogenated alkanes) is 27. The van der Waals surface area contributed by atoms with Crippen molar-refractivity contribution in [1.29, 1.82) is 0 Å². The maximum Gasteiger partial charge on any atom is 0.306 e. The highest BCUT2D eigenvalue weighted by molar-refractivity contribution is 5.77. The van der Waals surface area contributed by atoms with Crippen molar-refractivity contribution in [3.63, 3.8) is 0 Å². The van der Waals surface area contributed by atoms with Gasteiger partial charge in [-0.05, 0) is 64.2 Å². The molecule has 0 heterocycles. The van der Waals surface area contributed by atoms with E-state index >= 15 is 0 Å². The molecule has 3 N–H and O–H groups in total. The fourth-order valence-corrected chi connectivity index (χ4v) is 7.89. The van der Waals surface area contributed by atoms with Gasteiger partial charge in [-0.25, -0.2) is 0 Å². The molecule has 0 radical (unpaired) electrons. The summed E-state index contributed by atoms with van der Waals surface area (Å²) in [6, 6.07) is -0.710. The molecule has 3 unspecified atom stereocenters. The zero-order chi connectivity index (χ0) is 44.5. The Morgan fingerprint density at radius 1 is 0.475 bits per heavy atom. The number of ether oxygens (including phenoxy) is 1. The predicted octanol–water partition coefficient (Wildman–Crippen LogP) is 15.8. The predicted molar refractivity (Wildman–Crippen MR) is 264 cm³/mol. The van der Waals surface area contributed by atoms with Gasteiger partial charge in [0.1, 0.15) is 6.10 Å². The summed E-state index contributed by atoms with van der Waals surface area (Å²) in [6.45, 7) is 6.45. The van der Waals surface area contributed by atoms with Crippen LogP contribution >= 0.6 is 0 Å². The van der Waals surface area contributed by atoms with Crippen LogP contribution in [0.15, 0.2) is 48.6 Å². The number of esters is 1. The molecular weight excluding hydrogens is 755 g/mol. The van der Waals surface area contributed by atoms with Crippen molar-refractivity contribution in [2.45, 2.75) is 283 Å². The fourth-order valence-electron chi connectivity index (χ4n) is 7.89. The summed E-state index contributed by atoms with van der Waals surface area (Å²) >= 11 is 0. The van der Waals surface area contributed by atoms with E-state index in [1.165, 1.54) is 148 Å². The second-order valence-electron chi connectivity index (χ2n) is 17.9. The van der Waals surface area contributed by atoms with E-state index in [1.807, 2.05) is 0 Å². The van der Waals surface area contributed by atoms with Gasteiger partial charge in [0.05, 0.1) is 25.2 Å². The summed E-state index contributed by atoms with van der Waals surface area (Å²) in [5, 5.41) is 23.7. The minimum absolute atomic E-state index is 0.0586. The highest BCUT2D eigenvalue weighted by atomic mass is 16.5. The molecule has 0 aromatic heterocycles. The van der Waals surface area contributed by atoms with Gasteiger partial charge in [-0.3, -0.25) is 9.59 Å². The van der Waals surface area contributed by atoms with Crippen LogP contribution in [0.3, 0.4) is 0 Å². The Balaban J connectivity index is 4.65. The molecule has 0 saturated carbocycles. The van der Waals surface area contributed by atoms with Crippen LogP contribution in [0, 0.1) is 0 Å². The molecule has 61 heavy (non-hydrogen) atoms. The number of carbonyl (C=O) groups is 2. The average Bonchev–Trinajstić information content (AvgIpc) is 3.25. The van der Waals surface area contributed by atoms with E-state index in [1.54, 1.807) is 0 Å². The minimum Gasteiger partial charge on any atom is -0.462 e. The Kier molecular flexibility index (Phi) is 47.1. The molecule has 0 aromatic rings. The summed E-state index contributed by atoms with van der Waals surface area (Å²) in [4.78, 5) is 26.1. The highest BCUT2D eigenvalue weighted by Gasteiger charge is 2.24. The van der Waals surface area contributed by atoms with E-state index < -0.39 is 18.2 Å². The van der Waals surface area contributed by atoms with Crippen LogP contribution in [-0.4, -0.2) is 46.9 Å². The molecule has 6 heteroatoms. The van der Waals surface area contributed by atoms with Crippen LogP contribution in [0.25, 0.3) is 0 Å². The van der Waals surface area contributed by atoms with Gasteiger partial charge in [0, 0.05) is 6.42 Å². The van der Waals surface area contributed by atoms with Crippen LogP contribution in [0.4, 0.5) is 0 Å². The number of hydrogen-bond donors (Lipinski definition) is 3. The monoisotopic (exact) mass is 856 g/mol. The zero-order valence-corrected chi connectivity index (χ0v) is 40.5. The smallest absolute Gasteiger partial charge is 0.306 e. The number of allylic oxidation sites excluding steroid dienone is 8. The molecule has 6 nitrogen and oxygen atoms in total.